The van der Waals surface area contributed by atoms with Gasteiger partial charge in [-0.1, -0.05) is 24.3 Å². The second kappa shape index (κ2) is 6.91. The molecule has 1 aromatic carbocycles. The molecule has 0 aromatic heterocycles. The number of ether oxygens (including phenoxy) is 1. The Bertz CT molecular complexity index is 406. The monoisotopic (exact) mass is 250 g/mol. The van der Waals surface area contributed by atoms with Gasteiger partial charge in [0.2, 0.25) is 0 Å². The van der Waals surface area contributed by atoms with Crippen LogP contribution in [0.5, 0.6) is 0 Å². The fourth-order valence-electron chi connectivity index (χ4n) is 1.51. The molecule has 0 aliphatic heterocycles. The van der Waals surface area contributed by atoms with E-state index in [1.165, 1.54) is 0 Å². The van der Waals surface area contributed by atoms with Crippen LogP contribution in [0.15, 0.2) is 24.3 Å². The molecular weight excluding hydrogens is 232 g/mol. The summed E-state index contributed by atoms with van der Waals surface area (Å²) in [7, 11) is 0. The standard InChI is InChI=1S/C14H18O4/c1-3-18-14(17)13(16)12-8-6-11(7-9-12)5-4-10(2)15/h6-10,15H,3-5H2,1-2H3. The Balaban J connectivity index is 2.65. The van der Waals surface area contributed by atoms with E-state index >= 15 is 0 Å². The van der Waals surface area contributed by atoms with E-state index in [1.54, 1.807) is 38.1 Å². The highest BCUT2D eigenvalue weighted by Gasteiger charge is 2.16. The molecule has 0 aliphatic rings. The highest BCUT2D eigenvalue weighted by Crippen LogP contribution is 2.09. The van der Waals surface area contributed by atoms with Crippen LogP contribution in [0.25, 0.3) is 0 Å². The van der Waals surface area contributed by atoms with Crippen LogP contribution in [0.4, 0.5) is 0 Å². The quantitative estimate of drug-likeness (QED) is 0.474. The second-order valence-electron chi connectivity index (χ2n) is 4.13. The number of benzene rings is 1. The van der Waals surface area contributed by atoms with Crippen LogP contribution in [0.2, 0.25) is 0 Å². The van der Waals surface area contributed by atoms with E-state index in [9.17, 15) is 14.7 Å². The molecule has 4 nitrogen and oxygen atoms in total. The van der Waals surface area contributed by atoms with Gasteiger partial charge in [-0.05, 0) is 32.3 Å². The molecule has 1 unspecified atom stereocenters. The number of aliphatic hydroxyl groups is 1. The Morgan fingerprint density at radius 2 is 1.89 bits per heavy atom. The summed E-state index contributed by atoms with van der Waals surface area (Å²) in [6.45, 7) is 3.58. The molecule has 0 amide bonds. The van der Waals surface area contributed by atoms with Crippen LogP contribution in [-0.2, 0) is 16.0 Å². The van der Waals surface area contributed by atoms with Crippen LogP contribution in [0.1, 0.15) is 36.2 Å². The number of carbonyl (C=O) groups excluding carboxylic acids is 2. The molecule has 0 heterocycles. The molecular formula is C14H18O4. The van der Waals surface area contributed by atoms with Crippen LogP contribution in [-0.4, -0.2) is 29.6 Å². The lowest BCUT2D eigenvalue weighted by Crippen LogP contribution is -2.17. The number of Topliss-reactive ketones (excluding diaryl/α,β-unsaturated/α-hetero) is 1. The molecule has 1 rings (SSSR count). The summed E-state index contributed by atoms with van der Waals surface area (Å²) in [5.74, 6) is -1.45. The topological polar surface area (TPSA) is 63.6 Å². The van der Waals surface area contributed by atoms with Gasteiger partial charge < -0.3 is 9.84 Å². The first-order valence-corrected chi connectivity index (χ1v) is 6.03. The van der Waals surface area contributed by atoms with E-state index in [2.05, 4.69) is 4.74 Å². The summed E-state index contributed by atoms with van der Waals surface area (Å²) in [4.78, 5) is 22.8. The maximum absolute atomic E-state index is 11.6. The van der Waals surface area contributed by atoms with Crippen molar-refractivity contribution in [2.24, 2.45) is 0 Å². The van der Waals surface area contributed by atoms with Crippen molar-refractivity contribution in [1.82, 2.24) is 0 Å². The summed E-state index contributed by atoms with van der Waals surface area (Å²) in [5, 5.41) is 9.17. The number of aryl methyl sites for hydroxylation is 1. The van der Waals surface area contributed by atoms with Crippen molar-refractivity contribution in [3.8, 4) is 0 Å². The van der Waals surface area contributed by atoms with Crippen LogP contribution in [0, 0.1) is 0 Å². The molecule has 0 saturated carbocycles. The normalized spacial score (nSPS) is 11.9. The van der Waals surface area contributed by atoms with Crippen LogP contribution < -0.4 is 0 Å². The maximum atomic E-state index is 11.6. The predicted molar refractivity (Wildman–Crippen MR) is 67.4 cm³/mol. The zero-order chi connectivity index (χ0) is 13.5. The van der Waals surface area contributed by atoms with Gasteiger partial charge in [-0.15, -0.1) is 0 Å². The molecule has 0 spiro atoms. The van der Waals surface area contributed by atoms with E-state index in [4.69, 9.17) is 0 Å². The van der Waals surface area contributed by atoms with Gasteiger partial charge in [-0.3, -0.25) is 4.79 Å². The number of hydrogen-bond donors (Lipinski definition) is 1. The summed E-state index contributed by atoms with van der Waals surface area (Å²) >= 11 is 0. The lowest BCUT2D eigenvalue weighted by molar-refractivity contribution is -0.137. The van der Waals surface area contributed by atoms with E-state index in [1.807, 2.05) is 0 Å². The minimum absolute atomic E-state index is 0.192. The lowest BCUT2D eigenvalue weighted by atomic mass is 10.0. The van der Waals surface area contributed by atoms with Gasteiger partial charge in [-0.25, -0.2) is 4.79 Å². The Kier molecular flexibility index (Phi) is 5.52. The molecule has 1 atom stereocenters. The average Bonchev–Trinajstić information content (AvgIpc) is 2.36. The van der Waals surface area contributed by atoms with Gasteiger partial charge in [0.25, 0.3) is 5.78 Å². The molecule has 0 radical (unpaired) electrons. The maximum Gasteiger partial charge on any atom is 0.379 e. The highest BCUT2D eigenvalue weighted by molar-refractivity contribution is 6.40. The number of esters is 1. The molecule has 18 heavy (non-hydrogen) atoms. The summed E-state index contributed by atoms with van der Waals surface area (Å²) in [5.41, 5.74) is 1.35. The van der Waals surface area contributed by atoms with Crippen molar-refractivity contribution < 1.29 is 19.4 Å². The van der Waals surface area contributed by atoms with Gasteiger partial charge in [0.1, 0.15) is 0 Å². The summed E-state index contributed by atoms with van der Waals surface area (Å²) in [6, 6.07) is 6.79. The van der Waals surface area contributed by atoms with Crippen molar-refractivity contribution in [3.05, 3.63) is 35.4 Å². The van der Waals surface area contributed by atoms with Crippen LogP contribution >= 0.6 is 0 Å². The van der Waals surface area contributed by atoms with Crippen molar-refractivity contribution in [2.75, 3.05) is 6.61 Å². The minimum Gasteiger partial charge on any atom is -0.460 e. The van der Waals surface area contributed by atoms with Crippen molar-refractivity contribution in [2.45, 2.75) is 32.8 Å². The Hall–Kier alpha value is -1.68. The fourth-order valence-corrected chi connectivity index (χ4v) is 1.51. The summed E-state index contributed by atoms with van der Waals surface area (Å²) in [6.07, 6.45) is 1.07. The van der Waals surface area contributed by atoms with E-state index in [0.29, 0.717) is 12.0 Å². The molecule has 0 saturated heterocycles. The number of hydrogen-bond acceptors (Lipinski definition) is 4. The average molecular weight is 250 g/mol. The van der Waals surface area contributed by atoms with Gasteiger partial charge in [0, 0.05) is 5.56 Å². The Morgan fingerprint density at radius 1 is 1.28 bits per heavy atom. The molecule has 0 fully saturated rings. The first-order valence-electron chi connectivity index (χ1n) is 6.03. The van der Waals surface area contributed by atoms with Gasteiger partial charge in [0.05, 0.1) is 12.7 Å². The molecule has 1 aromatic rings. The number of rotatable bonds is 6. The van der Waals surface area contributed by atoms with Gasteiger partial charge in [-0.2, -0.15) is 0 Å². The molecule has 1 N–H and O–H groups in total. The third kappa shape index (κ3) is 4.30. The smallest absolute Gasteiger partial charge is 0.379 e. The highest BCUT2D eigenvalue weighted by atomic mass is 16.5. The fraction of sp³-hybridized carbons (Fsp3) is 0.429. The number of aliphatic hydroxyl groups excluding tert-OH is 1. The second-order valence-corrected chi connectivity index (χ2v) is 4.13. The lowest BCUT2D eigenvalue weighted by Gasteiger charge is -2.05. The zero-order valence-corrected chi connectivity index (χ0v) is 10.7. The summed E-state index contributed by atoms with van der Waals surface area (Å²) < 4.78 is 4.65. The van der Waals surface area contributed by atoms with E-state index in [0.717, 1.165) is 12.0 Å². The predicted octanol–water partition coefficient (Wildman–Crippen LogP) is 1.75. The zero-order valence-electron chi connectivity index (χ0n) is 10.7. The molecule has 0 bridgehead atoms. The van der Waals surface area contributed by atoms with Gasteiger partial charge >= 0.3 is 5.97 Å². The molecule has 0 aliphatic carbocycles. The SMILES string of the molecule is CCOC(=O)C(=O)c1ccc(CCC(C)O)cc1. The number of ketones is 1. The minimum atomic E-state index is -0.825. The van der Waals surface area contributed by atoms with Gasteiger partial charge in [0.15, 0.2) is 0 Å². The third-order valence-electron chi connectivity index (χ3n) is 2.53. The van der Waals surface area contributed by atoms with E-state index < -0.39 is 11.8 Å². The van der Waals surface area contributed by atoms with E-state index in [-0.39, 0.29) is 12.7 Å². The third-order valence-corrected chi connectivity index (χ3v) is 2.53. The van der Waals surface area contributed by atoms with Crippen molar-refractivity contribution in [1.29, 1.82) is 0 Å². The molecule has 98 valence electrons. The number of carbonyl (C=O) groups is 2. The first-order chi connectivity index (χ1) is 8.54. The Labute approximate surface area is 107 Å². The molecule has 4 heteroatoms. The van der Waals surface area contributed by atoms with Crippen molar-refractivity contribution >= 4 is 11.8 Å². The largest absolute Gasteiger partial charge is 0.460 e. The first kappa shape index (κ1) is 14.4. The van der Waals surface area contributed by atoms with Crippen LogP contribution in [0.3, 0.4) is 0 Å². The Morgan fingerprint density at radius 3 is 2.39 bits per heavy atom. The van der Waals surface area contributed by atoms with Crippen molar-refractivity contribution in [3.63, 3.8) is 0 Å².